The molecule has 2 aromatic rings. The quantitative estimate of drug-likeness (QED) is 0.878. The molecule has 4 nitrogen and oxygen atoms in total. The number of halogens is 4. The maximum atomic E-state index is 12.6. The number of hydrogen-bond donors (Lipinski definition) is 1. The van der Waals surface area contributed by atoms with Gasteiger partial charge in [-0.25, -0.2) is 14.4 Å². The van der Waals surface area contributed by atoms with Gasteiger partial charge < -0.3 is 10.1 Å². The minimum Gasteiger partial charge on any atom is -0.405 e. The van der Waals surface area contributed by atoms with Crippen LogP contribution in [-0.2, 0) is 6.54 Å². The average molecular weight is 287 g/mol. The van der Waals surface area contributed by atoms with Gasteiger partial charge in [-0.15, -0.1) is 13.2 Å². The lowest BCUT2D eigenvalue weighted by molar-refractivity contribution is -0.274. The van der Waals surface area contributed by atoms with Gasteiger partial charge >= 0.3 is 6.36 Å². The number of anilines is 1. The highest BCUT2D eigenvalue weighted by molar-refractivity contribution is 5.36. The van der Waals surface area contributed by atoms with Crippen LogP contribution in [0.2, 0.25) is 0 Å². The molecular weight excluding hydrogens is 278 g/mol. The number of para-hydroxylation sites is 1. The van der Waals surface area contributed by atoms with E-state index in [2.05, 4.69) is 20.0 Å². The standard InChI is InChI=1S/C12H9F4N3O/c13-9-6-18-11(19-7-9)17-5-8-3-1-2-4-10(8)20-12(14,15)16/h1-4,6-7H,5H2,(H,17,18,19). The lowest BCUT2D eigenvalue weighted by Gasteiger charge is -2.13. The van der Waals surface area contributed by atoms with E-state index in [1.807, 2.05) is 0 Å². The lowest BCUT2D eigenvalue weighted by Crippen LogP contribution is -2.18. The number of nitrogens with zero attached hydrogens (tertiary/aromatic N) is 2. The summed E-state index contributed by atoms with van der Waals surface area (Å²) in [6, 6.07) is 5.68. The van der Waals surface area contributed by atoms with Crippen LogP contribution in [0, 0.1) is 5.82 Å². The highest BCUT2D eigenvalue weighted by atomic mass is 19.4. The van der Waals surface area contributed by atoms with Crippen LogP contribution in [0.5, 0.6) is 5.75 Å². The summed E-state index contributed by atoms with van der Waals surface area (Å²) in [6.07, 6.45) is -2.86. The van der Waals surface area contributed by atoms with Gasteiger partial charge in [0.15, 0.2) is 5.82 Å². The van der Waals surface area contributed by atoms with Crippen molar-refractivity contribution < 1.29 is 22.3 Å². The summed E-state index contributed by atoms with van der Waals surface area (Å²) in [5.74, 6) is -0.806. The molecule has 1 aromatic carbocycles. The van der Waals surface area contributed by atoms with E-state index in [9.17, 15) is 17.6 Å². The number of ether oxygens (including phenoxy) is 1. The number of hydrogen-bond acceptors (Lipinski definition) is 4. The molecule has 0 aliphatic carbocycles. The van der Waals surface area contributed by atoms with Crippen molar-refractivity contribution in [3.05, 3.63) is 48.0 Å². The van der Waals surface area contributed by atoms with Gasteiger partial charge in [-0.1, -0.05) is 18.2 Å². The summed E-state index contributed by atoms with van der Waals surface area (Å²) in [4.78, 5) is 7.27. The van der Waals surface area contributed by atoms with Gasteiger partial charge in [0.1, 0.15) is 5.75 Å². The first-order valence-corrected chi connectivity index (χ1v) is 5.49. The van der Waals surface area contributed by atoms with Crippen LogP contribution < -0.4 is 10.1 Å². The fourth-order valence-electron chi connectivity index (χ4n) is 1.45. The number of aromatic nitrogens is 2. The predicted molar refractivity (Wildman–Crippen MR) is 62.4 cm³/mol. The number of alkyl halides is 3. The molecular formula is C12H9F4N3O. The topological polar surface area (TPSA) is 47.0 Å². The summed E-state index contributed by atoms with van der Waals surface area (Å²) < 4.78 is 53.2. The molecule has 1 N–H and O–H groups in total. The summed E-state index contributed by atoms with van der Waals surface area (Å²) in [7, 11) is 0. The van der Waals surface area contributed by atoms with Crippen LogP contribution in [0.15, 0.2) is 36.7 Å². The second-order valence-electron chi connectivity index (χ2n) is 3.73. The predicted octanol–water partition coefficient (Wildman–Crippen LogP) is 3.13. The Bertz CT molecular complexity index is 572. The minimum absolute atomic E-state index is 0.0118. The lowest BCUT2D eigenvalue weighted by atomic mass is 10.2. The molecule has 0 radical (unpaired) electrons. The van der Waals surface area contributed by atoms with Crippen LogP contribution in [0.3, 0.4) is 0 Å². The van der Waals surface area contributed by atoms with Gasteiger partial charge in [-0.05, 0) is 6.07 Å². The zero-order chi connectivity index (χ0) is 14.6. The van der Waals surface area contributed by atoms with E-state index in [4.69, 9.17) is 0 Å². The van der Waals surface area contributed by atoms with E-state index < -0.39 is 12.2 Å². The maximum absolute atomic E-state index is 12.6. The second-order valence-corrected chi connectivity index (χ2v) is 3.73. The van der Waals surface area contributed by atoms with Gasteiger partial charge in [0, 0.05) is 12.1 Å². The Kier molecular flexibility index (Phi) is 4.02. The monoisotopic (exact) mass is 287 g/mol. The highest BCUT2D eigenvalue weighted by Gasteiger charge is 2.31. The Balaban J connectivity index is 2.07. The van der Waals surface area contributed by atoms with E-state index in [1.54, 1.807) is 6.07 Å². The summed E-state index contributed by atoms with van der Waals surface area (Å²) >= 11 is 0. The Morgan fingerprint density at radius 3 is 2.40 bits per heavy atom. The fourth-order valence-corrected chi connectivity index (χ4v) is 1.45. The molecule has 2 rings (SSSR count). The van der Waals surface area contributed by atoms with Crippen LogP contribution in [-0.4, -0.2) is 16.3 Å². The Hall–Kier alpha value is -2.38. The molecule has 0 aliphatic heterocycles. The minimum atomic E-state index is -4.76. The van der Waals surface area contributed by atoms with Crippen molar-refractivity contribution in [1.82, 2.24) is 9.97 Å². The van der Waals surface area contributed by atoms with Crippen molar-refractivity contribution in [3.8, 4) is 5.75 Å². The smallest absolute Gasteiger partial charge is 0.405 e. The Morgan fingerprint density at radius 1 is 1.10 bits per heavy atom. The maximum Gasteiger partial charge on any atom is 0.573 e. The van der Waals surface area contributed by atoms with Gasteiger partial charge in [0.2, 0.25) is 5.95 Å². The third-order valence-corrected chi connectivity index (χ3v) is 2.26. The number of rotatable bonds is 4. The van der Waals surface area contributed by atoms with E-state index in [0.29, 0.717) is 0 Å². The average Bonchev–Trinajstić information content (AvgIpc) is 2.38. The first-order valence-electron chi connectivity index (χ1n) is 5.49. The molecule has 0 aliphatic rings. The number of benzene rings is 1. The van der Waals surface area contributed by atoms with E-state index in [1.165, 1.54) is 18.2 Å². The molecule has 20 heavy (non-hydrogen) atoms. The van der Waals surface area contributed by atoms with Crippen LogP contribution in [0.1, 0.15) is 5.56 Å². The first-order chi connectivity index (χ1) is 9.44. The van der Waals surface area contributed by atoms with Gasteiger partial charge in [0.25, 0.3) is 0 Å². The van der Waals surface area contributed by atoms with Crippen LogP contribution in [0.4, 0.5) is 23.5 Å². The molecule has 0 amide bonds. The third-order valence-electron chi connectivity index (χ3n) is 2.26. The zero-order valence-corrected chi connectivity index (χ0v) is 9.99. The summed E-state index contributed by atoms with van der Waals surface area (Å²) in [5, 5.41) is 2.68. The van der Waals surface area contributed by atoms with Crippen molar-refractivity contribution >= 4 is 5.95 Å². The molecule has 0 atom stereocenters. The van der Waals surface area contributed by atoms with Crippen molar-refractivity contribution in [1.29, 1.82) is 0 Å². The second kappa shape index (κ2) is 5.72. The first kappa shape index (κ1) is 14.0. The molecule has 0 saturated carbocycles. The third kappa shape index (κ3) is 4.08. The van der Waals surface area contributed by atoms with Crippen molar-refractivity contribution in [2.45, 2.75) is 12.9 Å². The Morgan fingerprint density at radius 2 is 1.75 bits per heavy atom. The highest BCUT2D eigenvalue weighted by Crippen LogP contribution is 2.26. The van der Waals surface area contributed by atoms with Crippen molar-refractivity contribution in [2.75, 3.05) is 5.32 Å². The van der Waals surface area contributed by atoms with Crippen molar-refractivity contribution in [3.63, 3.8) is 0 Å². The normalized spacial score (nSPS) is 11.2. The summed E-state index contributed by atoms with van der Waals surface area (Å²) in [5.41, 5.74) is 0.276. The van der Waals surface area contributed by atoms with Gasteiger partial charge in [-0.2, -0.15) is 0 Å². The molecule has 8 heteroatoms. The SMILES string of the molecule is Fc1cnc(NCc2ccccc2OC(F)(F)F)nc1. The van der Waals surface area contributed by atoms with Crippen molar-refractivity contribution in [2.24, 2.45) is 0 Å². The van der Waals surface area contributed by atoms with Crippen LogP contribution >= 0.6 is 0 Å². The van der Waals surface area contributed by atoms with Gasteiger partial charge in [-0.3, -0.25) is 0 Å². The van der Waals surface area contributed by atoms with E-state index in [0.717, 1.165) is 12.4 Å². The Labute approximate surface area is 111 Å². The van der Waals surface area contributed by atoms with E-state index in [-0.39, 0.29) is 23.8 Å². The zero-order valence-electron chi connectivity index (χ0n) is 9.99. The molecule has 0 fully saturated rings. The number of nitrogens with one attached hydrogen (secondary N) is 1. The molecule has 1 aromatic heterocycles. The van der Waals surface area contributed by atoms with E-state index >= 15 is 0 Å². The largest absolute Gasteiger partial charge is 0.573 e. The summed E-state index contributed by atoms with van der Waals surface area (Å²) in [6.45, 7) is 0.0118. The van der Waals surface area contributed by atoms with Crippen LogP contribution in [0.25, 0.3) is 0 Å². The fraction of sp³-hybridized carbons (Fsp3) is 0.167. The molecule has 0 bridgehead atoms. The molecule has 1 heterocycles. The molecule has 0 saturated heterocycles. The molecule has 0 unspecified atom stereocenters. The van der Waals surface area contributed by atoms with Gasteiger partial charge in [0.05, 0.1) is 12.4 Å². The molecule has 0 spiro atoms. The molecule has 106 valence electrons.